The number of rotatable bonds is 13. The molecule has 3 aliphatic carbocycles. The molecule has 3 unspecified atom stereocenters. The van der Waals surface area contributed by atoms with Gasteiger partial charge in [-0.25, -0.2) is 0 Å². The number of halogens is 7. The molecule has 4 aliphatic heterocycles. The maximum Gasteiger partial charge on any atom is 0.393 e. The average Bonchev–Trinajstić information content (AvgIpc) is 1.28. The maximum atomic E-state index is 15.6. The maximum absolute atomic E-state index is 15.6. The SMILES string of the molecule is CC[C@H](C)[C@@H]1NC(=O)[C@H](CC(C)C)N(CC)C(=O)C[C@@H](C(=O)N2CCCC2)N(C)C(=O)[C@H]([C@@H](C)CC)N(C)C(=O)C2(CCCC2)NC(=O)[C@@H]2CCCN2C(=O)[C@H](CCC2CCC(C(F)(F)F)C(Cl)C2)NC(=O)CN(C)C(=O)[C@H](CC2CCC(C(F)(F)F)CC2)N(C)C(=O)[C@@H]2CCN2C(=O)[C@H](C)NC1=O. The molecule has 4 saturated heterocycles. The van der Waals surface area contributed by atoms with E-state index < -0.39 is 197 Å². The van der Waals surface area contributed by atoms with Crippen molar-refractivity contribution in [3.8, 4) is 0 Å². The molecule has 7 rings (SSSR count). The normalized spacial score (nSPS) is 31.7. The van der Waals surface area contributed by atoms with Gasteiger partial charge in [0.25, 0.3) is 0 Å². The summed E-state index contributed by atoms with van der Waals surface area (Å²) in [5, 5.41) is 10.1. The lowest BCUT2D eigenvalue weighted by Gasteiger charge is -2.44. The number of hydrogen-bond acceptors (Lipinski definition) is 12. The summed E-state index contributed by atoms with van der Waals surface area (Å²) in [4.78, 5) is 190. The number of carbonyl (C=O) groups is 12. The zero-order valence-corrected chi connectivity index (χ0v) is 63.7. The predicted octanol–water partition coefficient (Wildman–Crippen LogP) is 6.93. The summed E-state index contributed by atoms with van der Waals surface area (Å²) >= 11 is 6.39. The topological polar surface area (TPSA) is 279 Å². The van der Waals surface area contributed by atoms with Crippen LogP contribution in [0.4, 0.5) is 26.3 Å². The van der Waals surface area contributed by atoms with Gasteiger partial charge in [0, 0.05) is 66.3 Å². The molecule has 7 fully saturated rings. The Kier molecular flexibility index (Phi) is 29.7. The molecular weight excluding hydrogens is 1390 g/mol. The average molecular weight is 1500 g/mol. The fraction of sp³-hybridized carbons (Fsp3) is 0.836. The number of nitrogens with one attached hydrogen (secondary N) is 4. The van der Waals surface area contributed by atoms with Crippen molar-refractivity contribution in [2.75, 3.05) is 67.5 Å². The lowest BCUT2D eigenvalue weighted by Crippen LogP contribution is -2.65. The number of likely N-dealkylation sites (tertiary alicyclic amines) is 1. The fourth-order valence-corrected chi connectivity index (χ4v) is 17.4. The number of carbonyl (C=O) groups excluding carboxylic acids is 12. The molecule has 7 aliphatic rings. The van der Waals surface area contributed by atoms with Crippen molar-refractivity contribution in [2.24, 2.45) is 41.4 Å². The molecule has 104 heavy (non-hydrogen) atoms. The van der Waals surface area contributed by atoms with Crippen molar-refractivity contribution in [1.29, 1.82) is 0 Å². The zero-order chi connectivity index (χ0) is 77.2. The van der Waals surface area contributed by atoms with Gasteiger partial charge in [-0.2, -0.15) is 26.3 Å². The number of alkyl halides is 7. The van der Waals surface area contributed by atoms with Gasteiger partial charge in [0.15, 0.2) is 0 Å². The molecule has 4 heterocycles. The molecular formula is C73H115ClF6N12O12. The van der Waals surface area contributed by atoms with Gasteiger partial charge in [-0.1, -0.05) is 67.2 Å². The molecule has 0 aromatic rings. The van der Waals surface area contributed by atoms with E-state index in [1.807, 2.05) is 20.8 Å². The second-order valence-corrected chi connectivity index (χ2v) is 31.9. The monoisotopic (exact) mass is 1500 g/mol. The fourth-order valence-electron chi connectivity index (χ4n) is 16.8. The van der Waals surface area contributed by atoms with Crippen molar-refractivity contribution < 1.29 is 83.9 Å². The Labute approximate surface area is 613 Å². The Morgan fingerprint density at radius 1 is 0.596 bits per heavy atom. The highest BCUT2D eigenvalue weighted by atomic mass is 35.5. The van der Waals surface area contributed by atoms with E-state index in [4.69, 9.17) is 11.6 Å². The zero-order valence-electron chi connectivity index (χ0n) is 62.9. The second-order valence-electron chi connectivity index (χ2n) is 31.4. The third-order valence-electron chi connectivity index (χ3n) is 23.8. The quantitative estimate of drug-likeness (QED) is 0.108. The molecule has 3 saturated carbocycles. The van der Waals surface area contributed by atoms with Crippen LogP contribution < -0.4 is 21.3 Å². The van der Waals surface area contributed by atoms with E-state index in [0.717, 1.165) is 9.80 Å². The summed E-state index contributed by atoms with van der Waals surface area (Å²) in [6.45, 7) is 13.8. The molecule has 14 atom stereocenters. The Morgan fingerprint density at radius 3 is 1.77 bits per heavy atom. The van der Waals surface area contributed by atoms with E-state index in [-0.39, 0.29) is 122 Å². The molecule has 24 nitrogen and oxygen atoms in total. The molecule has 588 valence electrons. The Balaban J connectivity index is 1.28. The Morgan fingerprint density at radius 2 is 1.21 bits per heavy atom. The van der Waals surface area contributed by atoms with E-state index >= 15 is 28.8 Å². The summed E-state index contributed by atoms with van der Waals surface area (Å²) in [6, 6.07) is -11.8. The van der Waals surface area contributed by atoms with Crippen molar-refractivity contribution in [3.63, 3.8) is 0 Å². The molecule has 0 bridgehead atoms. The summed E-state index contributed by atoms with van der Waals surface area (Å²) < 4.78 is 84.1. The van der Waals surface area contributed by atoms with Crippen LogP contribution in [0.3, 0.4) is 0 Å². The summed E-state index contributed by atoms with van der Waals surface area (Å²) in [7, 11) is 5.45. The Bertz CT molecular complexity index is 3070. The third kappa shape index (κ3) is 20.2. The van der Waals surface area contributed by atoms with Crippen LogP contribution in [-0.2, 0) is 57.5 Å². The van der Waals surface area contributed by atoms with Crippen molar-refractivity contribution >= 4 is 82.5 Å². The van der Waals surface area contributed by atoms with E-state index in [1.165, 1.54) is 59.6 Å². The first-order valence-electron chi connectivity index (χ1n) is 38.0. The van der Waals surface area contributed by atoms with Crippen molar-refractivity contribution in [2.45, 2.75) is 281 Å². The minimum absolute atomic E-state index is 0.00447. The van der Waals surface area contributed by atoms with E-state index in [9.17, 15) is 55.1 Å². The molecule has 0 radical (unpaired) electrons. The lowest BCUT2D eigenvalue weighted by molar-refractivity contribution is -0.184. The minimum Gasteiger partial charge on any atom is -0.343 e. The predicted molar refractivity (Wildman–Crippen MR) is 375 cm³/mol. The number of nitrogens with zero attached hydrogens (tertiary/aromatic N) is 8. The lowest BCUT2D eigenvalue weighted by atomic mass is 9.78. The van der Waals surface area contributed by atoms with E-state index in [0.29, 0.717) is 58.0 Å². The van der Waals surface area contributed by atoms with Crippen LogP contribution in [0.2, 0.25) is 0 Å². The first-order chi connectivity index (χ1) is 48.8. The molecule has 4 N–H and O–H groups in total. The smallest absolute Gasteiger partial charge is 0.343 e. The van der Waals surface area contributed by atoms with Crippen LogP contribution in [0.25, 0.3) is 0 Å². The summed E-state index contributed by atoms with van der Waals surface area (Å²) in [6.07, 6.45) is -6.51. The second kappa shape index (κ2) is 36.4. The van der Waals surface area contributed by atoms with Gasteiger partial charge in [0.05, 0.1) is 24.8 Å². The molecule has 0 aromatic carbocycles. The van der Waals surface area contributed by atoms with Gasteiger partial charge < -0.3 is 60.5 Å². The first-order valence-corrected chi connectivity index (χ1v) is 38.5. The van der Waals surface area contributed by atoms with Gasteiger partial charge in [-0.15, -0.1) is 11.6 Å². The largest absolute Gasteiger partial charge is 0.393 e. The summed E-state index contributed by atoms with van der Waals surface area (Å²) in [5.74, 6) is -14.1. The highest BCUT2D eigenvalue weighted by Crippen LogP contribution is 2.45. The molecule has 12 amide bonds. The van der Waals surface area contributed by atoms with Crippen LogP contribution in [0.15, 0.2) is 0 Å². The summed E-state index contributed by atoms with van der Waals surface area (Å²) in [5.41, 5.74) is -1.61. The van der Waals surface area contributed by atoms with Crippen LogP contribution >= 0.6 is 11.6 Å². The minimum atomic E-state index is -4.55. The van der Waals surface area contributed by atoms with Gasteiger partial charge >= 0.3 is 12.4 Å². The van der Waals surface area contributed by atoms with E-state index in [2.05, 4.69) is 21.3 Å². The van der Waals surface area contributed by atoms with Gasteiger partial charge in [-0.3, -0.25) is 57.5 Å². The van der Waals surface area contributed by atoms with Gasteiger partial charge in [-0.05, 0) is 159 Å². The highest BCUT2D eigenvalue weighted by Gasteiger charge is 2.53. The molecule has 0 aromatic heterocycles. The first kappa shape index (κ1) is 84.8. The van der Waals surface area contributed by atoms with Gasteiger partial charge in [0.1, 0.15) is 59.9 Å². The van der Waals surface area contributed by atoms with Crippen LogP contribution in [0, 0.1) is 41.4 Å². The number of fused-ring (bicyclic) bond motifs is 2. The number of amides is 12. The van der Waals surface area contributed by atoms with Crippen molar-refractivity contribution in [1.82, 2.24) is 60.5 Å². The van der Waals surface area contributed by atoms with Crippen LogP contribution in [0.5, 0.6) is 0 Å². The number of hydrogen-bond donors (Lipinski definition) is 4. The molecule has 1 spiro atoms. The van der Waals surface area contributed by atoms with Crippen molar-refractivity contribution in [3.05, 3.63) is 0 Å². The van der Waals surface area contributed by atoms with E-state index in [1.54, 1.807) is 32.6 Å². The number of likely N-dealkylation sites (N-methyl/N-ethyl adjacent to an activating group) is 5. The standard InChI is InChI=1S/C73H115ClF6N12O12/c1-13-43(6)59-63(97)81-45(8)64(98)92-36-30-53(92)67(101)86(10)55(39-47-22-26-48(27-23-47)72(75,76)77)66(100)85(9)41-57(93)82-51(29-25-46-24-28-49(50(74)38-46)73(78,79)80)65(99)91-35-20-21-52(91)62(96)84-71(31-16-17-32-71)70(104)88(12)60(44(7)14-2)69(103)87(11)56(68(102)89-33-18-19-34-89)40-58(94)90(15-3)54(37-42(4)5)61(95)83-59/h42-56,59-60H,13-41H2,1-12H3,(H,81,97)(H,82,93)(H,83,95)(H,84,96)/t43-,44-,45-,46?,47?,48?,49?,50?,51-,52-,53-,54-,55-,56-,59-,60-/m0/s1. The Hall–Kier alpha value is -6.49. The van der Waals surface area contributed by atoms with Crippen LogP contribution in [0.1, 0.15) is 203 Å². The van der Waals surface area contributed by atoms with Gasteiger partial charge in [0.2, 0.25) is 70.9 Å². The van der Waals surface area contributed by atoms with Crippen LogP contribution in [-0.4, -0.2) is 255 Å². The highest BCUT2D eigenvalue weighted by molar-refractivity contribution is 6.21. The molecule has 31 heteroatoms. The third-order valence-corrected chi connectivity index (χ3v) is 24.3.